The van der Waals surface area contributed by atoms with Gasteiger partial charge in [0.15, 0.2) is 12.0 Å². The van der Waals surface area contributed by atoms with Crippen LogP contribution in [0.15, 0.2) is 53.4 Å². The molecule has 0 bridgehead atoms. The lowest BCUT2D eigenvalue weighted by molar-refractivity contribution is 0.112. The van der Waals surface area contributed by atoms with E-state index in [4.69, 9.17) is 4.42 Å². The third-order valence-corrected chi connectivity index (χ3v) is 8.49. The van der Waals surface area contributed by atoms with Gasteiger partial charge in [-0.2, -0.15) is 0 Å². The molecule has 6 rings (SSSR count). The first-order valence-corrected chi connectivity index (χ1v) is 13.4. The van der Waals surface area contributed by atoms with Crippen LogP contribution in [0.3, 0.4) is 0 Å². The van der Waals surface area contributed by atoms with Crippen molar-refractivity contribution >= 4 is 33.4 Å². The van der Waals surface area contributed by atoms with Gasteiger partial charge in [-0.25, -0.2) is 4.98 Å². The van der Waals surface area contributed by atoms with Crippen molar-refractivity contribution in [3.8, 4) is 0 Å². The van der Waals surface area contributed by atoms with Crippen LogP contribution in [0.1, 0.15) is 33.3 Å². The van der Waals surface area contributed by atoms with E-state index in [1.807, 2.05) is 6.07 Å². The number of rotatable bonds is 5. The minimum absolute atomic E-state index is 0.0794. The Morgan fingerprint density at radius 2 is 1.58 bits per heavy atom. The van der Waals surface area contributed by atoms with E-state index >= 15 is 0 Å². The fourth-order valence-corrected chi connectivity index (χ4v) is 6.21. The molecule has 0 spiro atoms. The van der Waals surface area contributed by atoms with Crippen molar-refractivity contribution in [2.75, 3.05) is 62.2 Å². The van der Waals surface area contributed by atoms with Gasteiger partial charge in [0.2, 0.25) is 0 Å². The summed E-state index contributed by atoms with van der Waals surface area (Å²) < 4.78 is 5.53. The summed E-state index contributed by atoms with van der Waals surface area (Å²) in [7, 11) is 0. The summed E-state index contributed by atoms with van der Waals surface area (Å²) in [5, 5.41) is 1.34. The molecule has 0 amide bonds. The summed E-state index contributed by atoms with van der Waals surface area (Å²) >= 11 is 0. The van der Waals surface area contributed by atoms with Crippen LogP contribution in [0.2, 0.25) is 0 Å². The highest BCUT2D eigenvalue weighted by atomic mass is 16.3. The highest BCUT2D eigenvalue weighted by Gasteiger charge is 2.34. The monoisotopic (exact) mass is 486 g/mol. The Labute approximate surface area is 213 Å². The van der Waals surface area contributed by atoms with Crippen molar-refractivity contribution in [1.82, 2.24) is 19.8 Å². The minimum Gasteiger partial charge on any atom is -0.443 e. The Bertz CT molecular complexity index is 1340. The molecule has 2 aromatic carbocycles. The molecule has 4 heterocycles. The van der Waals surface area contributed by atoms with Crippen molar-refractivity contribution < 1.29 is 4.42 Å². The van der Waals surface area contributed by atoms with Crippen LogP contribution in [0.5, 0.6) is 0 Å². The topological polar surface area (TPSA) is 54.8 Å². The van der Waals surface area contributed by atoms with Gasteiger partial charge >= 0.3 is 0 Å². The van der Waals surface area contributed by atoms with E-state index in [1.165, 1.54) is 27.8 Å². The molecule has 2 aliphatic heterocycles. The summed E-state index contributed by atoms with van der Waals surface area (Å²) in [6.07, 6.45) is 3.65. The second kappa shape index (κ2) is 9.12. The summed E-state index contributed by atoms with van der Waals surface area (Å²) in [6.45, 7) is 17.7. The van der Waals surface area contributed by atoms with E-state index < -0.39 is 0 Å². The molecule has 2 saturated heterocycles. The Morgan fingerprint density at radius 3 is 2.33 bits per heavy atom. The first-order chi connectivity index (χ1) is 17.4. The van der Waals surface area contributed by atoms with Crippen LogP contribution in [0, 0.1) is 0 Å². The zero-order valence-corrected chi connectivity index (χ0v) is 22.0. The number of anilines is 2. The molecule has 190 valence electrons. The predicted molar refractivity (Wildman–Crippen MR) is 148 cm³/mol. The van der Waals surface area contributed by atoms with Crippen LogP contribution in [0.25, 0.3) is 22.0 Å². The van der Waals surface area contributed by atoms with E-state index in [2.05, 4.69) is 93.8 Å². The third-order valence-electron chi connectivity index (χ3n) is 8.49. The molecule has 0 unspecified atom stereocenters. The number of oxazole rings is 1. The Kier molecular flexibility index (Phi) is 5.92. The fraction of sp³-hybridized carbons (Fsp3) is 0.483. The lowest BCUT2D eigenvalue weighted by Gasteiger charge is -2.45. The number of piperazine rings is 2. The van der Waals surface area contributed by atoms with E-state index in [0.29, 0.717) is 6.04 Å². The molecule has 2 aliphatic rings. The van der Waals surface area contributed by atoms with Crippen LogP contribution in [-0.4, -0.2) is 78.2 Å². The SMILES string of the molecule is CC(C)N1CCN(c2ccc(C(C)(C)N3CCN(c4cccc5ocnc45)CC3)c3[nH]ccc23)CC1. The second-order valence-electron chi connectivity index (χ2n) is 11.0. The predicted octanol–water partition coefficient (Wildman–Crippen LogP) is 4.90. The fourth-order valence-electron chi connectivity index (χ4n) is 6.21. The highest BCUT2D eigenvalue weighted by Crippen LogP contribution is 2.38. The number of para-hydroxylation sites is 1. The van der Waals surface area contributed by atoms with Crippen LogP contribution in [0.4, 0.5) is 11.4 Å². The number of aromatic amines is 1. The Hall–Kier alpha value is -3.03. The van der Waals surface area contributed by atoms with Gasteiger partial charge in [-0.3, -0.25) is 9.80 Å². The number of H-pyrrole nitrogens is 1. The number of nitrogens with zero attached hydrogens (tertiary/aromatic N) is 5. The zero-order valence-electron chi connectivity index (χ0n) is 22.0. The Balaban J connectivity index is 1.21. The summed E-state index contributed by atoms with van der Waals surface area (Å²) in [5.41, 5.74) is 6.92. The Morgan fingerprint density at radius 1 is 0.861 bits per heavy atom. The van der Waals surface area contributed by atoms with Crippen molar-refractivity contribution in [3.63, 3.8) is 0 Å². The van der Waals surface area contributed by atoms with E-state index in [-0.39, 0.29) is 5.54 Å². The number of aromatic nitrogens is 2. The number of benzene rings is 2. The van der Waals surface area contributed by atoms with Crippen molar-refractivity contribution in [2.45, 2.75) is 39.3 Å². The molecule has 0 saturated carbocycles. The summed E-state index contributed by atoms with van der Waals surface area (Å²) in [6, 6.07) is 13.8. The molecule has 7 heteroatoms. The molecular formula is C29H38N6O. The van der Waals surface area contributed by atoms with Crippen LogP contribution < -0.4 is 9.80 Å². The molecule has 7 nitrogen and oxygen atoms in total. The maximum absolute atomic E-state index is 5.53. The largest absolute Gasteiger partial charge is 0.443 e. The maximum Gasteiger partial charge on any atom is 0.182 e. The molecule has 4 aromatic rings. The van der Waals surface area contributed by atoms with Gasteiger partial charge in [0.05, 0.1) is 11.2 Å². The molecule has 2 fully saturated rings. The average Bonchev–Trinajstić information content (AvgIpc) is 3.58. The highest BCUT2D eigenvalue weighted by molar-refractivity contribution is 5.95. The molecular weight excluding hydrogens is 448 g/mol. The second-order valence-corrected chi connectivity index (χ2v) is 11.0. The maximum atomic E-state index is 5.53. The van der Waals surface area contributed by atoms with Crippen LogP contribution in [-0.2, 0) is 5.54 Å². The van der Waals surface area contributed by atoms with Crippen LogP contribution >= 0.6 is 0 Å². The third kappa shape index (κ3) is 3.95. The van der Waals surface area contributed by atoms with Gasteiger partial charge in [0.1, 0.15) is 5.52 Å². The molecule has 1 N–H and O–H groups in total. The van der Waals surface area contributed by atoms with Gasteiger partial charge < -0.3 is 19.2 Å². The zero-order chi connectivity index (χ0) is 24.9. The van der Waals surface area contributed by atoms with Gasteiger partial charge in [-0.15, -0.1) is 0 Å². The number of hydrogen-bond acceptors (Lipinski definition) is 6. The average molecular weight is 487 g/mol. The molecule has 36 heavy (non-hydrogen) atoms. The van der Waals surface area contributed by atoms with Crippen molar-refractivity contribution in [3.05, 3.63) is 54.6 Å². The number of nitrogens with one attached hydrogen (secondary N) is 1. The van der Waals surface area contributed by atoms with Gasteiger partial charge in [-0.1, -0.05) is 12.1 Å². The van der Waals surface area contributed by atoms with Gasteiger partial charge in [0.25, 0.3) is 0 Å². The smallest absolute Gasteiger partial charge is 0.182 e. The van der Waals surface area contributed by atoms with E-state index in [9.17, 15) is 0 Å². The van der Waals surface area contributed by atoms with E-state index in [1.54, 1.807) is 6.39 Å². The lowest BCUT2D eigenvalue weighted by Crippen LogP contribution is -2.53. The lowest BCUT2D eigenvalue weighted by atomic mass is 9.89. The normalized spacial score (nSPS) is 18.7. The number of hydrogen-bond donors (Lipinski definition) is 1. The summed E-state index contributed by atoms with van der Waals surface area (Å²) in [4.78, 5) is 18.3. The van der Waals surface area contributed by atoms with Crippen molar-refractivity contribution in [2.24, 2.45) is 0 Å². The van der Waals surface area contributed by atoms with Gasteiger partial charge in [0, 0.05) is 81.2 Å². The standard InChI is InChI=1S/C29H38N6O/c1-21(2)32-12-14-33(15-13-32)24-9-8-23(27-22(24)10-11-30-27)29(3,4)35-18-16-34(17-19-35)25-6-5-7-26-28(25)31-20-36-26/h5-11,20-21,30H,12-19H2,1-4H3. The molecule has 0 radical (unpaired) electrons. The van der Waals surface area contributed by atoms with E-state index in [0.717, 1.165) is 63.5 Å². The van der Waals surface area contributed by atoms with Crippen molar-refractivity contribution in [1.29, 1.82) is 0 Å². The molecule has 0 atom stereocenters. The molecule has 0 aliphatic carbocycles. The quantitative estimate of drug-likeness (QED) is 0.433. The number of fused-ring (bicyclic) bond motifs is 2. The first kappa shape index (κ1) is 23.4. The molecule has 2 aromatic heterocycles. The van der Waals surface area contributed by atoms with Gasteiger partial charge in [-0.05, 0) is 57.5 Å². The minimum atomic E-state index is -0.0794. The first-order valence-electron chi connectivity index (χ1n) is 13.4. The summed E-state index contributed by atoms with van der Waals surface area (Å²) in [5.74, 6) is 0.